The fraction of sp³-hybridized carbons (Fsp3) is 0.0952. The van der Waals surface area contributed by atoms with Crippen LogP contribution in [-0.2, 0) is 4.74 Å². The molecule has 0 aliphatic rings. The molecular weight excluding hydrogens is 328 g/mol. The Kier molecular flexibility index (Phi) is 3.97. The Labute approximate surface area is 149 Å². The fourth-order valence-electron chi connectivity index (χ4n) is 3.10. The van der Waals surface area contributed by atoms with E-state index in [4.69, 9.17) is 4.74 Å². The van der Waals surface area contributed by atoms with E-state index in [0.717, 1.165) is 21.8 Å². The molecule has 5 nitrogen and oxygen atoms in total. The molecule has 5 heteroatoms. The molecule has 0 aliphatic heterocycles. The minimum atomic E-state index is -0.929. The van der Waals surface area contributed by atoms with Crippen LogP contribution in [0.2, 0.25) is 0 Å². The zero-order valence-electron chi connectivity index (χ0n) is 14.1. The van der Waals surface area contributed by atoms with Crippen LogP contribution in [0.3, 0.4) is 0 Å². The lowest BCUT2D eigenvalue weighted by Crippen LogP contribution is -2.29. The average Bonchev–Trinajstić information content (AvgIpc) is 3.02. The first-order valence-electron chi connectivity index (χ1n) is 8.30. The van der Waals surface area contributed by atoms with E-state index in [1.165, 1.54) is 6.20 Å². The molecule has 2 aromatic carbocycles. The van der Waals surface area contributed by atoms with Gasteiger partial charge >= 0.3 is 5.97 Å². The molecule has 0 fully saturated rings. The van der Waals surface area contributed by atoms with Gasteiger partial charge in [-0.25, -0.2) is 4.79 Å². The zero-order valence-corrected chi connectivity index (χ0v) is 14.1. The van der Waals surface area contributed by atoms with Gasteiger partial charge < -0.3 is 4.74 Å². The third-order valence-electron chi connectivity index (χ3n) is 4.33. The first-order valence-corrected chi connectivity index (χ1v) is 8.30. The van der Waals surface area contributed by atoms with Gasteiger partial charge in [0.15, 0.2) is 6.10 Å². The van der Waals surface area contributed by atoms with Crippen LogP contribution in [0.5, 0.6) is 0 Å². The number of ether oxygens (including phenoxy) is 1. The number of para-hydroxylation sites is 2. The molecule has 2 heterocycles. The van der Waals surface area contributed by atoms with Gasteiger partial charge in [-0.05, 0) is 31.2 Å². The lowest BCUT2D eigenvalue weighted by molar-refractivity contribution is 0.0288. The number of pyridine rings is 1. The molecule has 0 N–H and O–H groups in total. The Hall–Kier alpha value is -3.47. The number of carbonyl (C=O) groups excluding carboxylic acids is 2. The number of esters is 1. The Morgan fingerprint density at radius 1 is 0.923 bits per heavy atom. The highest BCUT2D eigenvalue weighted by atomic mass is 16.5. The molecule has 0 radical (unpaired) electrons. The van der Waals surface area contributed by atoms with Crippen molar-refractivity contribution >= 4 is 33.7 Å². The predicted molar refractivity (Wildman–Crippen MR) is 99.2 cm³/mol. The fourth-order valence-corrected chi connectivity index (χ4v) is 3.10. The van der Waals surface area contributed by atoms with Crippen molar-refractivity contribution in [2.75, 3.05) is 0 Å². The number of fused-ring (bicyclic) bond motifs is 3. The molecule has 128 valence electrons. The highest BCUT2D eigenvalue weighted by Crippen LogP contribution is 2.29. The number of hydrogen-bond donors (Lipinski definition) is 0. The summed E-state index contributed by atoms with van der Waals surface area (Å²) in [6.07, 6.45) is 2.06. The van der Waals surface area contributed by atoms with Gasteiger partial charge in [0.2, 0.25) is 0 Å². The normalized spacial score (nSPS) is 12.2. The molecule has 4 aromatic rings. The molecule has 0 saturated carbocycles. The van der Waals surface area contributed by atoms with Crippen molar-refractivity contribution in [3.8, 4) is 0 Å². The third-order valence-corrected chi connectivity index (χ3v) is 4.33. The molecule has 0 spiro atoms. The second-order valence-electron chi connectivity index (χ2n) is 6.00. The number of hydrogen-bond acceptors (Lipinski definition) is 4. The SMILES string of the molecule is CC(OC(=O)c1cccnc1)C(=O)n1c2ccccc2c2ccccc21. The Balaban J connectivity index is 1.72. The number of carbonyl (C=O) groups is 2. The number of benzene rings is 2. The molecule has 0 bridgehead atoms. The second kappa shape index (κ2) is 6.44. The summed E-state index contributed by atoms with van der Waals surface area (Å²) in [5.41, 5.74) is 1.90. The Morgan fingerprint density at radius 3 is 2.12 bits per heavy atom. The second-order valence-corrected chi connectivity index (χ2v) is 6.00. The Bertz CT molecular complexity index is 1060. The molecule has 1 unspecified atom stereocenters. The maximum atomic E-state index is 13.1. The summed E-state index contributed by atoms with van der Waals surface area (Å²) in [6, 6.07) is 18.6. The first kappa shape index (κ1) is 16.0. The van der Waals surface area contributed by atoms with E-state index >= 15 is 0 Å². The van der Waals surface area contributed by atoms with E-state index in [-0.39, 0.29) is 5.91 Å². The summed E-state index contributed by atoms with van der Waals surface area (Å²) in [7, 11) is 0. The molecule has 4 rings (SSSR count). The predicted octanol–water partition coefficient (Wildman–Crippen LogP) is 4.08. The summed E-state index contributed by atoms with van der Waals surface area (Å²) < 4.78 is 6.99. The number of rotatable bonds is 3. The van der Waals surface area contributed by atoms with Gasteiger partial charge in [-0.2, -0.15) is 0 Å². The van der Waals surface area contributed by atoms with Crippen molar-refractivity contribution in [1.29, 1.82) is 0 Å². The van der Waals surface area contributed by atoms with E-state index in [9.17, 15) is 9.59 Å². The Morgan fingerprint density at radius 2 is 1.54 bits per heavy atom. The average molecular weight is 344 g/mol. The van der Waals surface area contributed by atoms with Gasteiger partial charge in [-0.1, -0.05) is 36.4 Å². The van der Waals surface area contributed by atoms with Gasteiger partial charge in [0, 0.05) is 23.2 Å². The lowest BCUT2D eigenvalue weighted by Gasteiger charge is -2.14. The van der Waals surface area contributed by atoms with Gasteiger partial charge in [0.25, 0.3) is 5.91 Å². The maximum absolute atomic E-state index is 13.1. The van der Waals surface area contributed by atoms with Crippen LogP contribution < -0.4 is 0 Å². The molecule has 1 atom stereocenters. The van der Waals surface area contributed by atoms with Crippen molar-refractivity contribution in [1.82, 2.24) is 9.55 Å². The van der Waals surface area contributed by atoms with Gasteiger partial charge in [-0.15, -0.1) is 0 Å². The third kappa shape index (κ3) is 2.63. The molecule has 0 aliphatic carbocycles. The van der Waals surface area contributed by atoms with E-state index in [0.29, 0.717) is 5.56 Å². The number of nitrogens with zero attached hydrogens (tertiary/aromatic N) is 2. The topological polar surface area (TPSA) is 61.2 Å². The molecular formula is C21H16N2O3. The molecule has 0 saturated heterocycles. The minimum absolute atomic E-state index is 0.292. The maximum Gasteiger partial charge on any atom is 0.340 e. The molecule has 2 aromatic heterocycles. The van der Waals surface area contributed by atoms with Crippen LogP contribution in [0.15, 0.2) is 73.1 Å². The largest absolute Gasteiger partial charge is 0.449 e. The smallest absolute Gasteiger partial charge is 0.340 e. The van der Waals surface area contributed by atoms with Gasteiger partial charge in [0.1, 0.15) is 0 Å². The van der Waals surface area contributed by atoms with Crippen LogP contribution in [0, 0.1) is 0 Å². The van der Waals surface area contributed by atoms with E-state index in [2.05, 4.69) is 4.98 Å². The monoisotopic (exact) mass is 344 g/mol. The standard InChI is InChI=1S/C21H16N2O3/c1-14(26-21(25)15-7-6-12-22-13-15)20(24)23-18-10-4-2-8-16(18)17-9-3-5-11-19(17)23/h2-14H,1H3. The van der Waals surface area contributed by atoms with Crippen molar-refractivity contribution in [3.63, 3.8) is 0 Å². The van der Waals surface area contributed by atoms with Crippen LogP contribution in [-0.4, -0.2) is 27.5 Å². The van der Waals surface area contributed by atoms with Crippen molar-refractivity contribution in [2.45, 2.75) is 13.0 Å². The first-order chi connectivity index (χ1) is 12.7. The minimum Gasteiger partial charge on any atom is -0.449 e. The van der Waals surface area contributed by atoms with Gasteiger partial charge in [0.05, 0.1) is 16.6 Å². The quantitative estimate of drug-likeness (QED) is 0.526. The van der Waals surface area contributed by atoms with Crippen LogP contribution >= 0.6 is 0 Å². The van der Waals surface area contributed by atoms with E-state index in [1.807, 2.05) is 48.5 Å². The zero-order chi connectivity index (χ0) is 18.1. The van der Waals surface area contributed by atoms with Gasteiger partial charge in [-0.3, -0.25) is 14.3 Å². The van der Waals surface area contributed by atoms with E-state index in [1.54, 1.807) is 29.8 Å². The highest BCUT2D eigenvalue weighted by Gasteiger charge is 2.24. The number of aromatic nitrogens is 2. The summed E-state index contributed by atoms with van der Waals surface area (Å²) in [5, 5.41) is 1.98. The summed E-state index contributed by atoms with van der Waals surface area (Å²) in [5.74, 6) is -0.862. The van der Waals surface area contributed by atoms with Crippen LogP contribution in [0.4, 0.5) is 0 Å². The van der Waals surface area contributed by atoms with Crippen molar-refractivity contribution in [3.05, 3.63) is 78.6 Å². The molecule has 26 heavy (non-hydrogen) atoms. The highest BCUT2D eigenvalue weighted by molar-refractivity contribution is 6.14. The molecule has 0 amide bonds. The van der Waals surface area contributed by atoms with E-state index < -0.39 is 12.1 Å². The summed E-state index contributed by atoms with van der Waals surface area (Å²) in [6.45, 7) is 1.58. The van der Waals surface area contributed by atoms with Crippen molar-refractivity contribution in [2.24, 2.45) is 0 Å². The van der Waals surface area contributed by atoms with Crippen LogP contribution in [0.25, 0.3) is 21.8 Å². The summed E-state index contributed by atoms with van der Waals surface area (Å²) >= 11 is 0. The van der Waals surface area contributed by atoms with Crippen molar-refractivity contribution < 1.29 is 14.3 Å². The van der Waals surface area contributed by atoms with Crippen LogP contribution in [0.1, 0.15) is 22.1 Å². The lowest BCUT2D eigenvalue weighted by atomic mass is 10.2. The summed E-state index contributed by atoms with van der Waals surface area (Å²) in [4.78, 5) is 29.2.